The van der Waals surface area contributed by atoms with Crippen molar-refractivity contribution in [3.8, 4) is 11.1 Å². The summed E-state index contributed by atoms with van der Waals surface area (Å²) in [6.45, 7) is 6.12. The molecule has 0 atom stereocenters. The van der Waals surface area contributed by atoms with Crippen LogP contribution in [0.25, 0.3) is 11.1 Å². The molecule has 2 amide bonds. The lowest BCUT2D eigenvalue weighted by Gasteiger charge is -2.23. The van der Waals surface area contributed by atoms with E-state index >= 15 is 0 Å². The van der Waals surface area contributed by atoms with Gasteiger partial charge < -0.3 is 34.9 Å². The van der Waals surface area contributed by atoms with E-state index in [-0.39, 0.29) is 76.7 Å². The summed E-state index contributed by atoms with van der Waals surface area (Å²) in [6.07, 6.45) is 1.38. The van der Waals surface area contributed by atoms with Gasteiger partial charge in [-0.3, -0.25) is 9.59 Å². The third-order valence-electron chi connectivity index (χ3n) is 6.36. The predicted octanol–water partition coefficient (Wildman–Crippen LogP) is 2.86. The highest BCUT2D eigenvalue weighted by molar-refractivity contribution is 5.79. The van der Waals surface area contributed by atoms with Crippen molar-refractivity contribution in [2.24, 2.45) is 5.73 Å². The second-order valence-corrected chi connectivity index (χ2v) is 9.13. The van der Waals surface area contributed by atoms with E-state index in [0.717, 1.165) is 11.1 Å². The first-order valence-corrected chi connectivity index (χ1v) is 13.5. The van der Waals surface area contributed by atoms with Crippen LogP contribution in [-0.4, -0.2) is 88.7 Å². The molecule has 0 spiro atoms. The molecular formula is C30H39N3O7. The number of nitrogens with two attached hydrogens (primary N) is 1. The van der Waals surface area contributed by atoms with Crippen LogP contribution in [0.5, 0.6) is 0 Å². The average molecular weight is 554 g/mol. The molecule has 0 bridgehead atoms. The number of ether oxygens (including phenoxy) is 4. The van der Waals surface area contributed by atoms with Crippen LogP contribution in [0, 0.1) is 0 Å². The van der Waals surface area contributed by atoms with Crippen molar-refractivity contribution in [3.63, 3.8) is 0 Å². The van der Waals surface area contributed by atoms with Crippen LogP contribution in [-0.2, 0) is 28.5 Å². The molecule has 10 heteroatoms. The monoisotopic (exact) mass is 553 g/mol. The van der Waals surface area contributed by atoms with Crippen LogP contribution in [0.3, 0.4) is 0 Å². The van der Waals surface area contributed by atoms with Gasteiger partial charge in [-0.25, -0.2) is 4.79 Å². The predicted molar refractivity (Wildman–Crippen MR) is 151 cm³/mol. The van der Waals surface area contributed by atoms with E-state index in [1.807, 2.05) is 24.3 Å². The molecule has 3 N–H and O–H groups in total. The van der Waals surface area contributed by atoms with Crippen LogP contribution < -0.4 is 11.1 Å². The normalized spacial score (nSPS) is 11.8. The van der Waals surface area contributed by atoms with Gasteiger partial charge in [0, 0.05) is 38.5 Å². The molecule has 0 heterocycles. The number of amides is 2. The van der Waals surface area contributed by atoms with Crippen LogP contribution >= 0.6 is 0 Å². The largest absolute Gasteiger partial charge is 0.461 e. The van der Waals surface area contributed by atoms with Gasteiger partial charge in [0.25, 0.3) is 0 Å². The fraction of sp³-hybridized carbons (Fsp3) is 0.433. The third-order valence-corrected chi connectivity index (χ3v) is 6.36. The Kier molecular flexibility index (Phi) is 13.1. The summed E-state index contributed by atoms with van der Waals surface area (Å²) < 4.78 is 21.3. The van der Waals surface area contributed by atoms with Crippen molar-refractivity contribution in [3.05, 3.63) is 72.3 Å². The molecule has 0 saturated carbocycles. The number of hydrogen-bond acceptors (Lipinski definition) is 8. The summed E-state index contributed by atoms with van der Waals surface area (Å²) in [4.78, 5) is 37.8. The molecule has 1 aliphatic carbocycles. The Morgan fingerprint density at radius 1 is 0.875 bits per heavy atom. The summed E-state index contributed by atoms with van der Waals surface area (Å²) in [5.74, 6) is -0.563. The third kappa shape index (κ3) is 9.48. The molecule has 3 rings (SSSR count). The lowest BCUT2D eigenvalue weighted by molar-refractivity contribution is -0.143. The first-order valence-electron chi connectivity index (χ1n) is 13.5. The number of benzene rings is 2. The standard InChI is InChI=1S/C30H39N3O7/c1-2-17-39-29(35)12-19-38-21-20-37-18-11-28(34)32-14-16-33(15-13-31)30(36)40-22-27-25-9-5-3-7-23(25)24-8-4-6-10-26(24)27/h2-10,27H,1,11-22,31H2,(H,32,34). The first-order chi connectivity index (χ1) is 19.5. The van der Waals surface area contributed by atoms with Gasteiger partial charge in [-0.05, 0) is 22.3 Å². The van der Waals surface area contributed by atoms with Crippen LogP contribution in [0.4, 0.5) is 4.79 Å². The Hall–Kier alpha value is -3.73. The first kappa shape index (κ1) is 30.8. The van der Waals surface area contributed by atoms with E-state index in [9.17, 15) is 14.4 Å². The summed E-state index contributed by atoms with van der Waals surface area (Å²) in [7, 11) is 0. The number of nitrogens with zero attached hydrogens (tertiary/aromatic N) is 1. The Morgan fingerprint density at radius 3 is 2.12 bits per heavy atom. The Balaban J connectivity index is 1.31. The molecule has 10 nitrogen and oxygen atoms in total. The number of fused-ring (bicyclic) bond motifs is 3. The zero-order valence-electron chi connectivity index (χ0n) is 22.8. The number of nitrogens with one attached hydrogen (secondary N) is 1. The minimum atomic E-state index is -0.459. The van der Waals surface area contributed by atoms with Crippen molar-refractivity contribution in [2.75, 3.05) is 65.8 Å². The lowest BCUT2D eigenvalue weighted by atomic mass is 9.98. The number of carbonyl (C=O) groups excluding carboxylic acids is 3. The van der Waals surface area contributed by atoms with Crippen molar-refractivity contribution in [1.82, 2.24) is 10.2 Å². The fourth-order valence-electron chi connectivity index (χ4n) is 4.42. The maximum absolute atomic E-state index is 12.9. The molecule has 0 saturated heterocycles. The van der Waals surface area contributed by atoms with Gasteiger partial charge >= 0.3 is 12.1 Å². The number of carbonyl (C=O) groups is 3. The number of rotatable bonds is 18. The minimum Gasteiger partial charge on any atom is -0.461 e. The van der Waals surface area contributed by atoms with E-state index in [1.165, 1.54) is 22.1 Å². The minimum absolute atomic E-state index is 0.0278. The van der Waals surface area contributed by atoms with Gasteiger partial charge in [0.1, 0.15) is 13.2 Å². The highest BCUT2D eigenvalue weighted by Crippen LogP contribution is 2.44. The van der Waals surface area contributed by atoms with Crippen LogP contribution in [0.2, 0.25) is 0 Å². The molecule has 0 radical (unpaired) electrons. The molecule has 2 aromatic carbocycles. The van der Waals surface area contributed by atoms with Gasteiger partial charge in [0.15, 0.2) is 0 Å². The maximum atomic E-state index is 12.9. The van der Waals surface area contributed by atoms with Gasteiger partial charge in [0.2, 0.25) is 5.91 Å². The zero-order chi connectivity index (χ0) is 28.6. The molecule has 2 aromatic rings. The Morgan fingerprint density at radius 2 is 1.50 bits per heavy atom. The lowest BCUT2D eigenvalue weighted by Crippen LogP contribution is -2.41. The molecule has 0 aromatic heterocycles. The summed E-state index contributed by atoms with van der Waals surface area (Å²) in [6, 6.07) is 16.3. The molecular weight excluding hydrogens is 514 g/mol. The quantitative estimate of drug-likeness (QED) is 0.164. The average Bonchev–Trinajstić information content (AvgIpc) is 3.29. The SMILES string of the molecule is C=CCOC(=O)CCOCCOCCC(=O)NCCN(CCN)C(=O)OCC1c2ccccc2-c2ccccc21. The zero-order valence-corrected chi connectivity index (χ0v) is 22.8. The highest BCUT2D eigenvalue weighted by Gasteiger charge is 2.29. The van der Waals surface area contributed by atoms with E-state index in [1.54, 1.807) is 0 Å². The summed E-state index contributed by atoms with van der Waals surface area (Å²) >= 11 is 0. The number of hydrogen-bond donors (Lipinski definition) is 2. The molecule has 1 aliphatic rings. The maximum Gasteiger partial charge on any atom is 0.409 e. The molecule has 0 unspecified atom stereocenters. The van der Waals surface area contributed by atoms with Crippen molar-refractivity contribution in [2.45, 2.75) is 18.8 Å². The second kappa shape index (κ2) is 17.1. The van der Waals surface area contributed by atoms with Crippen molar-refractivity contribution >= 4 is 18.0 Å². The van der Waals surface area contributed by atoms with Crippen LogP contribution in [0.1, 0.15) is 29.9 Å². The van der Waals surface area contributed by atoms with Crippen molar-refractivity contribution < 1.29 is 33.3 Å². The van der Waals surface area contributed by atoms with Gasteiger partial charge in [-0.2, -0.15) is 0 Å². The molecule has 0 aliphatic heterocycles. The van der Waals surface area contributed by atoms with Crippen molar-refractivity contribution in [1.29, 1.82) is 0 Å². The topological polar surface area (TPSA) is 129 Å². The Bertz CT molecular complexity index is 1080. The number of esters is 1. The van der Waals surface area contributed by atoms with Gasteiger partial charge in [-0.1, -0.05) is 61.2 Å². The van der Waals surface area contributed by atoms with E-state index < -0.39 is 6.09 Å². The van der Waals surface area contributed by atoms with E-state index in [0.29, 0.717) is 19.8 Å². The summed E-state index contributed by atoms with van der Waals surface area (Å²) in [5.41, 5.74) is 10.3. The molecule has 216 valence electrons. The Labute approximate surface area is 235 Å². The molecule has 40 heavy (non-hydrogen) atoms. The van der Waals surface area contributed by atoms with Gasteiger partial charge in [0.05, 0.1) is 32.8 Å². The van der Waals surface area contributed by atoms with Crippen LogP contribution in [0.15, 0.2) is 61.2 Å². The fourth-order valence-corrected chi connectivity index (χ4v) is 4.42. The highest BCUT2D eigenvalue weighted by atomic mass is 16.6. The second-order valence-electron chi connectivity index (χ2n) is 9.13. The molecule has 0 fully saturated rings. The van der Waals surface area contributed by atoms with E-state index in [2.05, 4.69) is 36.2 Å². The van der Waals surface area contributed by atoms with E-state index in [4.69, 9.17) is 24.7 Å². The summed E-state index contributed by atoms with van der Waals surface area (Å²) in [5, 5.41) is 2.79. The smallest absolute Gasteiger partial charge is 0.409 e. The van der Waals surface area contributed by atoms with Gasteiger partial charge in [-0.15, -0.1) is 0 Å².